The van der Waals surface area contributed by atoms with Crippen molar-refractivity contribution in [2.75, 3.05) is 66.6 Å². The van der Waals surface area contributed by atoms with Gasteiger partial charge in [0.05, 0.1) is 40.5 Å². The SMILES string of the molecule is CCc1cccc([N+](=O)[O-])c1F.COC(=O)N1CCN(Cc2cccc([N+](=O)[O-])c2F)CC1.COC(=O)N1CCNCC1.Cl.O=C(O)c1cccc([N+](=O)[O-])c1F.O=[N+]([O-])c1cccc(CO)c1F. The first-order chi connectivity index (χ1) is 32.2. The number of methoxy groups -OCH3 is 2. The lowest BCUT2D eigenvalue weighted by Crippen LogP contribution is -2.48. The summed E-state index contributed by atoms with van der Waals surface area (Å²) in [6.07, 6.45) is -0.134. The fraction of sp³-hybridized carbons (Fsp3) is 0.341. The number of nitro benzene ring substituents is 4. The van der Waals surface area contributed by atoms with Crippen LogP contribution >= 0.6 is 12.4 Å². The number of carboxylic acids is 1. The van der Waals surface area contributed by atoms with Crippen LogP contribution in [0.5, 0.6) is 0 Å². The molecule has 6 rings (SSSR count). The van der Waals surface area contributed by atoms with E-state index in [1.807, 2.05) is 4.90 Å². The van der Waals surface area contributed by atoms with E-state index in [4.69, 9.17) is 10.2 Å². The third-order valence-electron chi connectivity index (χ3n) is 9.47. The normalized spacial score (nSPS) is 12.8. The average molecular weight is 1000 g/mol. The number of benzene rings is 4. The molecule has 0 saturated carbocycles. The lowest BCUT2D eigenvalue weighted by Gasteiger charge is -2.33. The summed E-state index contributed by atoms with van der Waals surface area (Å²) < 4.78 is 62.1. The summed E-state index contributed by atoms with van der Waals surface area (Å²) in [5.74, 6) is -5.32. The molecule has 0 unspecified atom stereocenters. The van der Waals surface area contributed by atoms with Crippen LogP contribution in [-0.4, -0.2) is 129 Å². The van der Waals surface area contributed by atoms with Crippen molar-refractivity contribution in [2.24, 2.45) is 0 Å². The van der Waals surface area contributed by atoms with E-state index in [0.717, 1.165) is 62.6 Å². The van der Waals surface area contributed by atoms with E-state index >= 15 is 0 Å². The number of aliphatic hydroxyl groups is 1. The Hall–Kier alpha value is -7.62. The van der Waals surface area contributed by atoms with E-state index in [1.165, 1.54) is 44.6 Å². The highest BCUT2D eigenvalue weighted by atomic mass is 35.5. The molecule has 0 aliphatic carbocycles. The second kappa shape index (κ2) is 29.9. The molecular formula is C41H47ClF4N8O15. The number of carboxylic acid groups (broad SMARTS) is 1. The Kier molecular flexibility index (Phi) is 25.7. The highest BCUT2D eigenvalue weighted by Gasteiger charge is 2.25. The van der Waals surface area contributed by atoms with Gasteiger partial charge in [-0.25, -0.2) is 14.4 Å². The Morgan fingerprint density at radius 2 is 0.957 bits per heavy atom. The maximum Gasteiger partial charge on any atom is 0.409 e. The number of halogens is 5. The van der Waals surface area contributed by atoms with E-state index in [9.17, 15) is 72.4 Å². The molecule has 2 amide bonds. The standard InChI is InChI=1S/C13H16FN3O4.C8H8FNO2.C7H4FNO4.C7H6FNO3.C6H12N2O2.ClH/c1-21-13(18)16-7-5-15(6-8-16)9-10-3-2-4-11(12(10)14)17(19)20;1-2-6-4-3-5-7(8(6)9)10(11)12;8-6-4(7(10)11)2-1-3-5(6)9(12)13;8-7-5(4-10)2-1-3-6(7)9(11)12;1-10-6(9)8-4-2-7-3-5-8;/h2-4H,5-9H2,1H3;3-5H,2H2,1H3;1-3H,(H,10,11);1-3,10H,4H2;7H,2-5H2,1H3;1H. The number of aryl methyl sites for hydroxylation is 1. The number of aliphatic hydroxyl groups excluding tert-OH is 1. The van der Waals surface area contributed by atoms with Crippen LogP contribution in [0.1, 0.15) is 34.0 Å². The predicted octanol–water partition coefficient (Wildman–Crippen LogP) is 6.65. The number of hydrogen-bond acceptors (Lipinski definition) is 16. The first-order valence-corrected chi connectivity index (χ1v) is 19.8. The van der Waals surface area contributed by atoms with Crippen LogP contribution in [0.2, 0.25) is 0 Å². The molecule has 4 aromatic rings. The van der Waals surface area contributed by atoms with Gasteiger partial charge in [0.2, 0.25) is 23.3 Å². The van der Waals surface area contributed by atoms with Gasteiger partial charge in [0.15, 0.2) is 0 Å². The van der Waals surface area contributed by atoms with Crippen LogP contribution in [0.3, 0.4) is 0 Å². The fourth-order valence-electron chi connectivity index (χ4n) is 5.90. The quantitative estimate of drug-likeness (QED) is 0.0897. The van der Waals surface area contributed by atoms with E-state index in [2.05, 4.69) is 14.8 Å². The molecule has 0 atom stereocenters. The first-order valence-electron chi connectivity index (χ1n) is 19.8. The van der Waals surface area contributed by atoms with E-state index in [0.29, 0.717) is 38.2 Å². The molecule has 2 heterocycles. The van der Waals surface area contributed by atoms with Crippen LogP contribution in [0, 0.1) is 63.7 Å². The Morgan fingerprint density at radius 3 is 1.35 bits per heavy atom. The number of piperazine rings is 2. The van der Waals surface area contributed by atoms with Crippen molar-refractivity contribution in [3.63, 3.8) is 0 Å². The van der Waals surface area contributed by atoms with Gasteiger partial charge in [-0.15, -0.1) is 12.4 Å². The summed E-state index contributed by atoms with van der Waals surface area (Å²) in [7, 11) is 2.73. The zero-order valence-electron chi connectivity index (χ0n) is 37.0. The minimum absolute atomic E-state index is 0. The molecule has 0 radical (unpaired) electrons. The molecule has 2 aliphatic rings. The van der Waals surface area contributed by atoms with Gasteiger partial charge in [-0.3, -0.25) is 45.4 Å². The van der Waals surface area contributed by atoms with Crippen LogP contribution in [0.4, 0.5) is 49.9 Å². The number of amides is 2. The summed E-state index contributed by atoms with van der Waals surface area (Å²) in [6.45, 7) is 6.86. The third-order valence-corrected chi connectivity index (χ3v) is 9.47. The van der Waals surface area contributed by atoms with Gasteiger partial charge in [-0.05, 0) is 18.1 Å². The van der Waals surface area contributed by atoms with Gasteiger partial charge in [-0.1, -0.05) is 49.4 Å². The van der Waals surface area contributed by atoms with Gasteiger partial charge in [-0.2, -0.15) is 17.6 Å². The second-order valence-electron chi connectivity index (χ2n) is 13.7. The van der Waals surface area contributed by atoms with Gasteiger partial charge in [0.1, 0.15) is 5.56 Å². The molecular weight excluding hydrogens is 956 g/mol. The van der Waals surface area contributed by atoms with Crippen LogP contribution in [0.25, 0.3) is 0 Å². The average Bonchev–Trinajstić information content (AvgIpc) is 3.32. The molecule has 376 valence electrons. The summed E-state index contributed by atoms with van der Waals surface area (Å²) in [5.41, 5.74) is -2.50. The number of hydrogen-bond donors (Lipinski definition) is 3. The van der Waals surface area contributed by atoms with Crippen LogP contribution in [-0.2, 0) is 29.0 Å². The number of rotatable bonds is 9. The number of ether oxygens (including phenoxy) is 2. The predicted molar refractivity (Wildman–Crippen MR) is 238 cm³/mol. The second-order valence-corrected chi connectivity index (χ2v) is 13.7. The number of carbonyl (C=O) groups is 3. The third kappa shape index (κ3) is 18.2. The monoisotopic (exact) mass is 1000 g/mol. The Morgan fingerprint density at radius 1 is 0.594 bits per heavy atom. The smallest absolute Gasteiger partial charge is 0.409 e. The van der Waals surface area contributed by atoms with Gasteiger partial charge >= 0.3 is 40.9 Å². The molecule has 0 aromatic heterocycles. The van der Waals surface area contributed by atoms with Gasteiger partial charge < -0.3 is 34.8 Å². The zero-order valence-corrected chi connectivity index (χ0v) is 37.8. The van der Waals surface area contributed by atoms with E-state index in [1.54, 1.807) is 22.8 Å². The number of nitro groups is 4. The first kappa shape index (κ1) is 59.4. The number of nitrogens with zero attached hydrogens (tertiary/aromatic N) is 7. The molecule has 4 aromatic carbocycles. The summed E-state index contributed by atoms with van der Waals surface area (Å²) in [4.78, 5) is 75.8. The molecule has 2 fully saturated rings. The number of aromatic carboxylic acids is 1. The van der Waals surface area contributed by atoms with Crippen molar-refractivity contribution in [3.8, 4) is 0 Å². The van der Waals surface area contributed by atoms with E-state index in [-0.39, 0.29) is 42.3 Å². The van der Waals surface area contributed by atoms with E-state index < -0.39 is 83.9 Å². The molecule has 2 aliphatic heterocycles. The minimum atomic E-state index is -1.53. The van der Waals surface area contributed by atoms with Crippen molar-refractivity contribution in [2.45, 2.75) is 26.5 Å². The molecule has 3 N–H and O–H groups in total. The molecule has 2 saturated heterocycles. The number of nitrogens with one attached hydrogen (secondary N) is 1. The molecule has 0 bridgehead atoms. The maximum atomic E-state index is 14.0. The lowest BCUT2D eigenvalue weighted by atomic mass is 10.1. The molecule has 23 nitrogen and oxygen atoms in total. The molecule has 0 spiro atoms. The summed E-state index contributed by atoms with van der Waals surface area (Å²) in [6, 6.07) is 15.0. The van der Waals surface area contributed by atoms with Crippen LogP contribution < -0.4 is 5.32 Å². The van der Waals surface area contributed by atoms with Crippen molar-refractivity contribution in [3.05, 3.63) is 159 Å². The van der Waals surface area contributed by atoms with Crippen molar-refractivity contribution < 1.29 is 71.3 Å². The molecule has 69 heavy (non-hydrogen) atoms. The minimum Gasteiger partial charge on any atom is -0.478 e. The largest absolute Gasteiger partial charge is 0.478 e. The topological polar surface area (TPSA) is 304 Å². The zero-order chi connectivity index (χ0) is 51.1. The molecule has 28 heteroatoms. The highest BCUT2D eigenvalue weighted by molar-refractivity contribution is 5.88. The Labute approximate surface area is 395 Å². The van der Waals surface area contributed by atoms with Crippen molar-refractivity contribution in [1.82, 2.24) is 20.0 Å². The maximum absolute atomic E-state index is 14.0. The van der Waals surface area contributed by atoms with Gasteiger partial charge in [0, 0.05) is 94.3 Å². The Bertz CT molecular complexity index is 2320. The Balaban J connectivity index is 0.000000442. The number of carbonyl (C=O) groups excluding carboxylic acids is 2. The van der Waals surface area contributed by atoms with Crippen molar-refractivity contribution in [1.29, 1.82) is 0 Å². The highest BCUT2D eigenvalue weighted by Crippen LogP contribution is 2.24. The van der Waals surface area contributed by atoms with Crippen LogP contribution in [0.15, 0.2) is 72.8 Å². The summed E-state index contributed by atoms with van der Waals surface area (Å²) >= 11 is 0. The van der Waals surface area contributed by atoms with Gasteiger partial charge in [0.25, 0.3) is 0 Å². The fourth-order valence-corrected chi connectivity index (χ4v) is 5.90. The summed E-state index contributed by atoms with van der Waals surface area (Å²) in [5, 5.41) is 61.4. The van der Waals surface area contributed by atoms with Crippen molar-refractivity contribution >= 4 is 53.3 Å². The lowest BCUT2D eigenvalue weighted by molar-refractivity contribution is -0.387.